The number of benzene rings is 1. The third-order valence-corrected chi connectivity index (χ3v) is 3.04. The fourth-order valence-corrected chi connectivity index (χ4v) is 2.09. The minimum absolute atomic E-state index is 0.0305. The second kappa shape index (κ2) is 4.17. The van der Waals surface area contributed by atoms with E-state index in [9.17, 15) is 9.90 Å². The molecule has 16 heavy (non-hydrogen) atoms. The molecule has 0 bridgehead atoms. The van der Waals surface area contributed by atoms with Crippen LogP contribution >= 0.6 is 11.3 Å². The van der Waals surface area contributed by atoms with Gasteiger partial charge in [-0.25, -0.2) is 0 Å². The number of rotatable bonds is 2. The average Bonchev–Trinajstić information content (AvgIpc) is 2.78. The number of hydrogen-bond donors (Lipinski definition) is 1. The Bertz CT molecular complexity index is 581. The van der Waals surface area contributed by atoms with Gasteiger partial charge in [-0.15, -0.1) is 11.3 Å². The van der Waals surface area contributed by atoms with Gasteiger partial charge in [0.2, 0.25) is 0 Å². The number of phenolic OH excluding ortho intramolecular Hbond substituents is 1. The van der Waals surface area contributed by atoms with E-state index in [0.29, 0.717) is 4.88 Å². The number of thiophene rings is 1. The lowest BCUT2D eigenvalue weighted by Gasteiger charge is -2.00. The Labute approximate surface area is 96.2 Å². The Morgan fingerprint density at radius 2 is 2.12 bits per heavy atom. The number of hydrogen-bond acceptors (Lipinski definition) is 4. The summed E-state index contributed by atoms with van der Waals surface area (Å²) in [5.41, 5.74) is 1.93. The van der Waals surface area contributed by atoms with Crippen LogP contribution in [0.1, 0.15) is 15.2 Å². The molecule has 78 valence electrons. The topological polar surface area (TPSA) is 61.1 Å². The van der Waals surface area contributed by atoms with Gasteiger partial charge in [-0.05, 0) is 34.7 Å². The zero-order chi connectivity index (χ0) is 11.5. The molecule has 1 heterocycles. The van der Waals surface area contributed by atoms with Crippen LogP contribution in [0.2, 0.25) is 0 Å². The van der Waals surface area contributed by atoms with Gasteiger partial charge >= 0.3 is 0 Å². The molecule has 1 aromatic carbocycles. The molecule has 4 heteroatoms. The molecule has 2 aromatic rings. The molecule has 0 saturated carbocycles. The minimum Gasteiger partial charge on any atom is -0.507 e. The van der Waals surface area contributed by atoms with E-state index in [-0.39, 0.29) is 11.3 Å². The fraction of sp³-hybridized carbons (Fsp3) is 0. The molecule has 3 nitrogen and oxygen atoms in total. The predicted octanol–water partition coefficient (Wildman–Crippen LogP) is 2.80. The van der Waals surface area contributed by atoms with Crippen molar-refractivity contribution in [3.8, 4) is 22.9 Å². The highest BCUT2D eigenvalue weighted by Crippen LogP contribution is 2.28. The third kappa shape index (κ3) is 1.81. The van der Waals surface area contributed by atoms with Gasteiger partial charge in [-0.1, -0.05) is 6.07 Å². The summed E-state index contributed by atoms with van der Waals surface area (Å²) in [5.74, 6) is -0.0305. The predicted molar refractivity (Wildman–Crippen MR) is 61.5 cm³/mol. The first kappa shape index (κ1) is 10.4. The maximum absolute atomic E-state index is 10.5. The summed E-state index contributed by atoms with van der Waals surface area (Å²) in [7, 11) is 0. The number of aromatic hydroxyl groups is 1. The van der Waals surface area contributed by atoms with Crippen LogP contribution in [0, 0.1) is 11.3 Å². The van der Waals surface area contributed by atoms with E-state index in [0.717, 1.165) is 17.4 Å². The van der Waals surface area contributed by atoms with Crippen LogP contribution < -0.4 is 0 Å². The van der Waals surface area contributed by atoms with Gasteiger partial charge in [0.25, 0.3) is 0 Å². The van der Waals surface area contributed by atoms with Crippen LogP contribution in [-0.4, -0.2) is 11.4 Å². The molecule has 0 spiro atoms. The van der Waals surface area contributed by atoms with E-state index in [4.69, 9.17) is 5.26 Å². The number of carbonyl (C=O) groups is 1. The fourth-order valence-electron chi connectivity index (χ4n) is 1.37. The normalized spacial score (nSPS) is 9.69. The quantitative estimate of drug-likeness (QED) is 0.805. The van der Waals surface area contributed by atoms with Crippen molar-refractivity contribution in [2.45, 2.75) is 0 Å². The van der Waals surface area contributed by atoms with Crippen molar-refractivity contribution in [2.75, 3.05) is 0 Å². The van der Waals surface area contributed by atoms with Crippen LogP contribution in [0.3, 0.4) is 0 Å². The first-order valence-electron chi connectivity index (χ1n) is 4.52. The largest absolute Gasteiger partial charge is 0.507 e. The lowest BCUT2D eigenvalue weighted by atomic mass is 10.1. The van der Waals surface area contributed by atoms with Crippen LogP contribution in [0.25, 0.3) is 11.1 Å². The standard InChI is InChI=1S/C12H7NO2S/c13-5-9-3-8(1-2-12(9)15)10-4-11(6-14)16-7-10/h1-4,6-7,15H. The maximum Gasteiger partial charge on any atom is 0.160 e. The molecule has 0 aliphatic rings. The molecular weight excluding hydrogens is 222 g/mol. The highest BCUT2D eigenvalue weighted by atomic mass is 32.1. The zero-order valence-corrected chi connectivity index (χ0v) is 8.99. The number of carbonyl (C=O) groups excluding carboxylic acids is 1. The smallest absolute Gasteiger partial charge is 0.160 e. The van der Waals surface area contributed by atoms with Crippen LogP contribution in [0.15, 0.2) is 29.6 Å². The molecule has 0 amide bonds. The van der Waals surface area contributed by atoms with Gasteiger partial charge in [-0.3, -0.25) is 4.79 Å². The Morgan fingerprint density at radius 3 is 2.75 bits per heavy atom. The van der Waals surface area contributed by atoms with Crippen LogP contribution in [0.5, 0.6) is 5.75 Å². The van der Waals surface area contributed by atoms with Crippen molar-refractivity contribution in [3.05, 3.63) is 40.1 Å². The van der Waals surface area contributed by atoms with Gasteiger partial charge in [0.1, 0.15) is 11.8 Å². The summed E-state index contributed by atoms with van der Waals surface area (Å²) in [6.07, 6.45) is 0.791. The van der Waals surface area contributed by atoms with Crippen molar-refractivity contribution in [1.29, 1.82) is 5.26 Å². The summed E-state index contributed by atoms with van der Waals surface area (Å²) < 4.78 is 0. The lowest BCUT2D eigenvalue weighted by Crippen LogP contribution is -1.79. The monoisotopic (exact) mass is 229 g/mol. The van der Waals surface area contributed by atoms with Crippen LogP contribution in [0.4, 0.5) is 0 Å². The second-order valence-corrected chi connectivity index (χ2v) is 4.14. The van der Waals surface area contributed by atoms with Gasteiger partial charge in [0.15, 0.2) is 6.29 Å². The van der Waals surface area contributed by atoms with E-state index in [1.165, 1.54) is 17.4 Å². The molecule has 0 radical (unpaired) electrons. The average molecular weight is 229 g/mol. The first-order valence-corrected chi connectivity index (χ1v) is 5.40. The zero-order valence-electron chi connectivity index (χ0n) is 8.18. The lowest BCUT2D eigenvalue weighted by molar-refractivity contribution is 0.112. The van der Waals surface area contributed by atoms with E-state index in [1.54, 1.807) is 18.2 Å². The van der Waals surface area contributed by atoms with Gasteiger partial charge in [0.05, 0.1) is 10.4 Å². The van der Waals surface area contributed by atoms with E-state index < -0.39 is 0 Å². The van der Waals surface area contributed by atoms with E-state index in [2.05, 4.69) is 0 Å². The van der Waals surface area contributed by atoms with E-state index >= 15 is 0 Å². The Morgan fingerprint density at radius 1 is 1.31 bits per heavy atom. The molecular formula is C12H7NO2S. The third-order valence-electron chi connectivity index (χ3n) is 2.19. The SMILES string of the molecule is N#Cc1cc(-c2csc(C=O)c2)ccc1O. The first-order chi connectivity index (χ1) is 7.74. The molecule has 0 fully saturated rings. The molecule has 0 saturated heterocycles. The highest BCUT2D eigenvalue weighted by Gasteiger charge is 2.05. The molecule has 0 atom stereocenters. The van der Waals surface area contributed by atoms with Gasteiger partial charge < -0.3 is 5.11 Å². The number of aldehydes is 1. The van der Waals surface area contributed by atoms with E-state index in [1.807, 2.05) is 11.4 Å². The van der Waals surface area contributed by atoms with Crippen molar-refractivity contribution < 1.29 is 9.90 Å². The summed E-state index contributed by atoms with van der Waals surface area (Å²) in [6, 6.07) is 8.46. The van der Waals surface area contributed by atoms with Crippen molar-refractivity contribution in [3.63, 3.8) is 0 Å². The summed E-state index contributed by atoms with van der Waals surface area (Å²) in [5, 5.41) is 20.0. The number of nitriles is 1. The molecule has 0 aliphatic carbocycles. The molecule has 0 unspecified atom stereocenters. The minimum atomic E-state index is -0.0305. The summed E-state index contributed by atoms with van der Waals surface area (Å²) in [4.78, 5) is 11.2. The Kier molecular flexibility index (Phi) is 2.71. The number of nitrogens with zero attached hydrogens (tertiary/aromatic N) is 1. The Hall–Kier alpha value is -2.12. The number of phenols is 1. The summed E-state index contributed by atoms with van der Waals surface area (Å²) in [6.45, 7) is 0. The molecule has 1 aromatic heterocycles. The molecule has 1 N–H and O–H groups in total. The maximum atomic E-state index is 10.5. The van der Waals surface area contributed by atoms with Crippen molar-refractivity contribution in [2.24, 2.45) is 0 Å². The van der Waals surface area contributed by atoms with Crippen LogP contribution in [-0.2, 0) is 0 Å². The van der Waals surface area contributed by atoms with Gasteiger partial charge in [-0.2, -0.15) is 5.26 Å². The second-order valence-electron chi connectivity index (χ2n) is 3.20. The summed E-state index contributed by atoms with van der Waals surface area (Å²) >= 11 is 1.35. The molecule has 2 rings (SSSR count). The molecule has 0 aliphatic heterocycles. The highest BCUT2D eigenvalue weighted by molar-refractivity contribution is 7.12. The van der Waals surface area contributed by atoms with Gasteiger partial charge in [0, 0.05) is 0 Å². The Balaban J connectivity index is 2.48. The van der Waals surface area contributed by atoms with Crippen molar-refractivity contribution >= 4 is 17.6 Å². The van der Waals surface area contributed by atoms with Crippen molar-refractivity contribution in [1.82, 2.24) is 0 Å².